The Morgan fingerprint density at radius 2 is 1.45 bits per heavy atom. The summed E-state index contributed by atoms with van der Waals surface area (Å²) in [6.45, 7) is 17.7. The van der Waals surface area contributed by atoms with E-state index in [0.717, 1.165) is 50.5 Å². The van der Waals surface area contributed by atoms with E-state index < -0.39 is 73.8 Å². The molecule has 12 nitrogen and oxygen atoms in total. The molecule has 0 aromatic heterocycles. The van der Waals surface area contributed by atoms with Crippen LogP contribution in [0.3, 0.4) is 0 Å². The Hall–Kier alpha value is -1.45. The van der Waals surface area contributed by atoms with Crippen LogP contribution < -0.4 is 0 Å². The molecule has 0 radical (unpaired) electrons. The molecule has 0 bridgehead atoms. The van der Waals surface area contributed by atoms with Crippen LogP contribution in [-0.4, -0.2) is 116 Å². The quantitative estimate of drug-likeness (QED) is 0.155. The van der Waals surface area contributed by atoms with E-state index in [9.17, 15) is 40.5 Å². The van der Waals surface area contributed by atoms with Crippen molar-refractivity contribution in [1.82, 2.24) is 0 Å². The molecule has 7 rings (SSSR count). The van der Waals surface area contributed by atoms with Crippen molar-refractivity contribution in [3.05, 3.63) is 23.8 Å². The van der Waals surface area contributed by atoms with Crippen LogP contribution >= 0.6 is 0 Å². The highest BCUT2D eigenvalue weighted by Crippen LogP contribution is 2.75. The Balaban J connectivity index is 1.12. The fourth-order valence-electron chi connectivity index (χ4n) is 13.2. The van der Waals surface area contributed by atoms with Gasteiger partial charge >= 0.3 is 5.97 Å². The highest BCUT2D eigenvalue weighted by Gasteiger charge is 2.68. The van der Waals surface area contributed by atoms with Gasteiger partial charge in [0.15, 0.2) is 6.29 Å². The highest BCUT2D eigenvalue weighted by molar-refractivity contribution is 5.74. The van der Waals surface area contributed by atoms with E-state index in [-0.39, 0.29) is 52.1 Å². The van der Waals surface area contributed by atoms with E-state index in [1.165, 1.54) is 5.57 Å². The standard InChI is InChI=1S/C41H64O12/c1-19-16-22(35(49)53-37-34(48)32(46)30(44)24(17-42)51-37)21-10-14-40(6)23(29(21)20(19)2)8-9-27-39(5)13-12-28(38(3,4)26(39)11-15-41(27,40)7)52-36-33(47)31(45)25(18-43)50-36/h8,19,21-22,24-34,36-37,42-48H,2,9-18H2,1,3-7H3. The summed E-state index contributed by atoms with van der Waals surface area (Å²) in [5, 5.41) is 71.5. The number of fused-ring (bicyclic) bond motifs is 7. The van der Waals surface area contributed by atoms with E-state index in [1.54, 1.807) is 0 Å². The zero-order valence-electron chi connectivity index (χ0n) is 32.3. The van der Waals surface area contributed by atoms with Gasteiger partial charge in [-0.05, 0) is 96.7 Å². The van der Waals surface area contributed by atoms with Crippen molar-refractivity contribution in [2.45, 2.75) is 154 Å². The molecule has 6 fully saturated rings. The van der Waals surface area contributed by atoms with Crippen LogP contribution in [0, 0.1) is 57.2 Å². The number of carbonyl (C=O) groups excluding carboxylic acids is 1. The number of carbonyl (C=O) groups is 1. The van der Waals surface area contributed by atoms with Crippen molar-refractivity contribution in [3.8, 4) is 0 Å². The number of hydrogen-bond donors (Lipinski definition) is 7. The number of aliphatic hydroxyl groups excluding tert-OH is 7. The molecule has 0 aromatic rings. The number of esters is 1. The molecule has 5 aliphatic carbocycles. The summed E-state index contributed by atoms with van der Waals surface area (Å²) in [7, 11) is 0. The van der Waals surface area contributed by atoms with Gasteiger partial charge in [-0.15, -0.1) is 0 Å². The van der Waals surface area contributed by atoms with E-state index in [2.05, 4.69) is 54.2 Å². The average molecular weight is 749 g/mol. The molecule has 4 saturated carbocycles. The van der Waals surface area contributed by atoms with Crippen LogP contribution in [0.4, 0.5) is 0 Å². The maximum absolute atomic E-state index is 14.0. The molecule has 53 heavy (non-hydrogen) atoms. The number of rotatable bonds is 6. The van der Waals surface area contributed by atoms with E-state index in [1.807, 2.05) is 0 Å². The summed E-state index contributed by atoms with van der Waals surface area (Å²) >= 11 is 0. The minimum atomic E-state index is -1.65. The molecular weight excluding hydrogens is 684 g/mol. The number of ether oxygens (including phenoxy) is 4. The number of allylic oxidation sites excluding steroid dienone is 3. The normalized spacial score (nSPS) is 53.5. The zero-order chi connectivity index (χ0) is 38.6. The second-order valence-electron chi connectivity index (χ2n) is 19.1. The second-order valence-corrected chi connectivity index (χ2v) is 19.1. The lowest BCUT2D eigenvalue weighted by Crippen LogP contribution is -2.64. The van der Waals surface area contributed by atoms with Crippen molar-refractivity contribution in [3.63, 3.8) is 0 Å². The van der Waals surface area contributed by atoms with Crippen LogP contribution in [0.2, 0.25) is 0 Å². The zero-order valence-corrected chi connectivity index (χ0v) is 32.3. The van der Waals surface area contributed by atoms with Crippen molar-refractivity contribution >= 4 is 5.97 Å². The fourth-order valence-corrected chi connectivity index (χ4v) is 13.2. The van der Waals surface area contributed by atoms with Gasteiger partial charge in [-0.1, -0.05) is 65.3 Å². The minimum Gasteiger partial charge on any atom is -0.432 e. The first-order chi connectivity index (χ1) is 24.8. The molecule has 2 heterocycles. The lowest BCUT2D eigenvalue weighted by molar-refractivity contribution is -0.294. The monoisotopic (exact) mass is 748 g/mol. The smallest absolute Gasteiger partial charge is 0.311 e. The van der Waals surface area contributed by atoms with E-state index in [4.69, 9.17) is 18.9 Å². The lowest BCUT2D eigenvalue weighted by Gasteiger charge is -2.70. The Morgan fingerprint density at radius 1 is 0.830 bits per heavy atom. The minimum absolute atomic E-state index is 0.00432. The number of aliphatic hydroxyl groups is 7. The summed E-state index contributed by atoms with van der Waals surface area (Å²) in [4.78, 5) is 14.0. The molecular formula is C41H64O12. The van der Waals surface area contributed by atoms with Crippen molar-refractivity contribution in [2.24, 2.45) is 57.2 Å². The van der Waals surface area contributed by atoms with Gasteiger partial charge in [0.25, 0.3) is 0 Å². The first-order valence-electron chi connectivity index (χ1n) is 20.0. The molecule has 12 heteroatoms. The van der Waals surface area contributed by atoms with Gasteiger partial charge in [0.1, 0.15) is 42.7 Å². The first kappa shape index (κ1) is 39.8. The van der Waals surface area contributed by atoms with Crippen LogP contribution in [-0.2, 0) is 23.7 Å². The number of hydrogen-bond acceptors (Lipinski definition) is 12. The van der Waals surface area contributed by atoms with Crippen LogP contribution in [0.1, 0.15) is 92.9 Å². The van der Waals surface area contributed by atoms with E-state index >= 15 is 0 Å². The third kappa shape index (κ3) is 5.86. The molecule has 2 aliphatic heterocycles. The summed E-state index contributed by atoms with van der Waals surface area (Å²) in [5.74, 6) is -0.184. The highest BCUT2D eigenvalue weighted by atomic mass is 16.7. The summed E-state index contributed by atoms with van der Waals surface area (Å²) in [6, 6.07) is 0. The van der Waals surface area contributed by atoms with Gasteiger partial charge in [-0.2, -0.15) is 0 Å². The van der Waals surface area contributed by atoms with E-state index in [0.29, 0.717) is 18.3 Å². The Labute approximate surface area is 313 Å². The molecule has 2 saturated heterocycles. The molecule has 19 unspecified atom stereocenters. The van der Waals surface area contributed by atoms with Crippen LogP contribution in [0.15, 0.2) is 23.8 Å². The fraction of sp³-hybridized carbons (Fsp3) is 0.878. The second kappa shape index (κ2) is 13.9. The van der Waals surface area contributed by atoms with Crippen molar-refractivity contribution in [2.75, 3.05) is 13.2 Å². The molecule has 19 atom stereocenters. The van der Waals surface area contributed by atoms with Crippen LogP contribution in [0.25, 0.3) is 0 Å². The average Bonchev–Trinajstić information content (AvgIpc) is 3.39. The predicted octanol–water partition coefficient (Wildman–Crippen LogP) is 2.59. The maximum Gasteiger partial charge on any atom is 0.311 e. The van der Waals surface area contributed by atoms with Crippen molar-refractivity contribution < 1.29 is 59.5 Å². The SMILES string of the molecule is C=C1C(C)CC(C(=O)OC2OC(CO)C(O)C(O)C2O)C2CCC3(C)C(=CCC4C5(C)CCC(OC6OC(CO)C(O)C6O)C(C)(C)C5CCC43C)C12. The Kier molecular flexibility index (Phi) is 10.4. The molecule has 7 N–H and O–H groups in total. The van der Waals surface area contributed by atoms with Crippen molar-refractivity contribution in [1.29, 1.82) is 0 Å². The third-order valence-electron chi connectivity index (χ3n) is 16.5. The molecule has 0 spiro atoms. The van der Waals surface area contributed by atoms with Crippen LogP contribution in [0.5, 0.6) is 0 Å². The maximum atomic E-state index is 14.0. The van der Waals surface area contributed by atoms with Gasteiger partial charge in [-0.3, -0.25) is 4.79 Å². The summed E-state index contributed by atoms with van der Waals surface area (Å²) in [6.07, 6.45) is -2.39. The largest absolute Gasteiger partial charge is 0.432 e. The lowest BCUT2D eigenvalue weighted by atomic mass is 9.34. The summed E-state index contributed by atoms with van der Waals surface area (Å²) in [5.41, 5.74) is 2.20. The van der Waals surface area contributed by atoms with Gasteiger partial charge in [0.05, 0.1) is 25.2 Å². The van der Waals surface area contributed by atoms with Gasteiger partial charge in [-0.25, -0.2) is 0 Å². The van der Waals surface area contributed by atoms with Gasteiger partial charge < -0.3 is 54.7 Å². The molecule has 0 amide bonds. The van der Waals surface area contributed by atoms with Gasteiger partial charge in [0, 0.05) is 5.92 Å². The third-order valence-corrected chi connectivity index (χ3v) is 16.5. The Bertz CT molecular complexity index is 1450. The molecule has 300 valence electrons. The Morgan fingerprint density at radius 3 is 2.11 bits per heavy atom. The predicted molar refractivity (Wildman–Crippen MR) is 191 cm³/mol. The van der Waals surface area contributed by atoms with Gasteiger partial charge in [0.2, 0.25) is 6.29 Å². The molecule has 7 aliphatic rings. The molecule has 0 aromatic carbocycles. The first-order valence-corrected chi connectivity index (χ1v) is 20.0. The summed E-state index contributed by atoms with van der Waals surface area (Å²) < 4.78 is 23.5. The topological polar surface area (TPSA) is 196 Å².